The zero-order valence-electron chi connectivity index (χ0n) is 10.8. The topological polar surface area (TPSA) is 78.6 Å². The number of likely N-dealkylation sites (tertiary alicyclic amines) is 1. The van der Waals surface area contributed by atoms with Crippen LogP contribution in [0.2, 0.25) is 5.02 Å². The van der Waals surface area contributed by atoms with E-state index in [0.717, 1.165) is 0 Å². The van der Waals surface area contributed by atoms with Crippen LogP contribution in [0.15, 0.2) is 18.2 Å². The number of piperidine rings is 1. The van der Waals surface area contributed by atoms with Crippen molar-refractivity contribution in [1.82, 2.24) is 4.90 Å². The molecule has 2 rings (SSSR count). The molecule has 1 heterocycles. The molecular weight excluding hydrogens is 266 g/mol. The van der Waals surface area contributed by atoms with Gasteiger partial charge in [-0.15, -0.1) is 0 Å². The zero-order valence-corrected chi connectivity index (χ0v) is 11.6. The molecule has 5 nitrogen and oxygen atoms in total. The highest BCUT2D eigenvalue weighted by molar-refractivity contribution is 6.31. The molecule has 4 N–H and O–H groups in total. The number of hydrogen-bond acceptors (Lipinski definition) is 4. The van der Waals surface area contributed by atoms with E-state index in [4.69, 9.17) is 17.4 Å². The number of aliphatic hydroxyl groups is 1. The van der Waals surface area contributed by atoms with Gasteiger partial charge in [-0.1, -0.05) is 11.6 Å². The first-order valence-corrected chi connectivity index (χ1v) is 6.58. The van der Waals surface area contributed by atoms with E-state index < -0.39 is 5.60 Å². The van der Waals surface area contributed by atoms with Gasteiger partial charge in [0, 0.05) is 18.1 Å². The molecule has 0 radical (unpaired) electrons. The van der Waals surface area contributed by atoms with Crippen LogP contribution in [0.1, 0.15) is 30.1 Å². The minimum absolute atomic E-state index is 0.119. The molecule has 1 aromatic carbocycles. The molecule has 1 aromatic rings. The quantitative estimate of drug-likeness (QED) is 0.569. The minimum atomic E-state index is -0.680. The van der Waals surface area contributed by atoms with Gasteiger partial charge in [0.1, 0.15) is 0 Å². The highest BCUT2D eigenvalue weighted by Gasteiger charge is 2.30. The maximum Gasteiger partial charge on any atom is 0.256 e. The Balaban J connectivity index is 2.18. The number of anilines is 1. The van der Waals surface area contributed by atoms with Crippen LogP contribution in [0.4, 0.5) is 5.69 Å². The van der Waals surface area contributed by atoms with Crippen molar-refractivity contribution in [2.24, 2.45) is 5.84 Å². The summed E-state index contributed by atoms with van der Waals surface area (Å²) in [7, 11) is 0. The van der Waals surface area contributed by atoms with Crippen LogP contribution in [0.5, 0.6) is 0 Å². The average Bonchev–Trinajstić information content (AvgIpc) is 2.38. The van der Waals surface area contributed by atoms with E-state index in [-0.39, 0.29) is 5.91 Å². The Bertz CT molecular complexity index is 481. The number of nitrogens with two attached hydrogens (primary N) is 1. The molecule has 0 saturated carbocycles. The van der Waals surface area contributed by atoms with Crippen LogP contribution in [0.3, 0.4) is 0 Å². The minimum Gasteiger partial charge on any atom is -0.390 e. The van der Waals surface area contributed by atoms with Crippen molar-refractivity contribution in [3.8, 4) is 0 Å². The number of nitrogens with zero attached hydrogens (tertiary/aromatic N) is 1. The first kappa shape index (κ1) is 14.1. The van der Waals surface area contributed by atoms with Crippen LogP contribution >= 0.6 is 11.6 Å². The van der Waals surface area contributed by atoms with Crippen molar-refractivity contribution in [3.63, 3.8) is 0 Å². The number of carbonyl (C=O) groups is 1. The third-order valence-corrected chi connectivity index (χ3v) is 3.73. The summed E-state index contributed by atoms with van der Waals surface area (Å²) in [6.45, 7) is 2.85. The molecule has 0 aliphatic carbocycles. The zero-order chi connectivity index (χ0) is 14.0. The fraction of sp³-hybridized carbons (Fsp3) is 0.462. The molecular formula is C13H18ClN3O2. The van der Waals surface area contributed by atoms with Gasteiger partial charge in [-0.25, -0.2) is 0 Å². The van der Waals surface area contributed by atoms with Gasteiger partial charge in [0.05, 0.1) is 16.9 Å². The van der Waals surface area contributed by atoms with Crippen LogP contribution in [0.25, 0.3) is 0 Å². The monoisotopic (exact) mass is 283 g/mol. The highest BCUT2D eigenvalue weighted by Crippen LogP contribution is 2.26. The summed E-state index contributed by atoms with van der Waals surface area (Å²) in [4.78, 5) is 14.1. The average molecular weight is 284 g/mol. The maximum absolute atomic E-state index is 12.4. The molecule has 0 bridgehead atoms. The molecule has 1 saturated heterocycles. The second kappa shape index (κ2) is 5.36. The van der Waals surface area contributed by atoms with Gasteiger partial charge < -0.3 is 15.4 Å². The highest BCUT2D eigenvalue weighted by atomic mass is 35.5. The molecule has 104 valence electrons. The lowest BCUT2D eigenvalue weighted by molar-refractivity contribution is -0.00199. The Kier molecular flexibility index (Phi) is 3.99. The molecule has 0 unspecified atom stereocenters. The van der Waals surface area contributed by atoms with Crippen LogP contribution in [-0.4, -0.2) is 34.6 Å². The second-order valence-electron chi connectivity index (χ2n) is 5.12. The van der Waals surface area contributed by atoms with Gasteiger partial charge in [-0.3, -0.25) is 10.6 Å². The van der Waals surface area contributed by atoms with Crippen molar-refractivity contribution < 1.29 is 9.90 Å². The predicted molar refractivity (Wildman–Crippen MR) is 75.0 cm³/mol. The van der Waals surface area contributed by atoms with E-state index >= 15 is 0 Å². The fourth-order valence-electron chi connectivity index (χ4n) is 2.18. The molecule has 1 aliphatic rings. The molecule has 0 aromatic heterocycles. The molecule has 0 atom stereocenters. The summed E-state index contributed by atoms with van der Waals surface area (Å²) >= 11 is 5.92. The van der Waals surface area contributed by atoms with Crippen molar-refractivity contribution in [1.29, 1.82) is 0 Å². The normalized spacial score (nSPS) is 18.2. The third kappa shape index (κ3) is 3.18. The first-order valence-electron chi connectivity index (χ1n) is 6.21. The number of nitrogens with one attached hydrogen (secondary N) is 1. The van der Waals surface area contributed by atoms with Gasteiger partial charge in [0.2, 0.25) is 0 Å². The smallest absolute Gasteiger partial charge is 0.256 e. The molecule has 6 heteroatoms. The number of hydrogen-bond donors (Lipinski definition) is 3. The summed E-state index contributed by atoms with van der Waals surface area (Å²) in [5.41, 5.74) is 2.83. The lowest BCUT2D eigenvalue weighted by atomic mass is 9.93. The first-order chi connectivity index (χ1) is 8.93. The standard InChI is InChI=1S/C13H18ClN3O2/c1-13(19)4-6-17(7-5-13)12(18)10-8-9(14)2-3-11(10)16-15/h2-3,8,16,19H,4-7,15H2,1H3. The number of rotatable bonds is 2. The number of hydrazine groups is 1. The molecule has 1 aliphatic heterocycles. The Hall–Kier alpha value is -1.30. The van der Waals surface area contributed by atoms with Crippen molar-refractivity contribution in [3.05, 3.63) is 28.8 Å². The summed E-state index contributed by atoms with van der Waals surface area (Å²) in [6.07, 6.45) is 1.15. The van der Waals surface area contributed by atoms with Crippen molar-refractivity contribution in [2.75, 3.05) is 18.5 Å². The van der Waals surface area contributed by atoms with Crippen molar-refractivity contribution in [2.45, 2.75) is 25.4 Å². The summed E-state index contributed by atoms with van der Waals surface area (Å²) in [6, 6.07) is 4.95. The van der Waals surface area contributed by atoms with Crippen molar-refractivity contribution >= 4 is 23.2 Å². The largest absolute Gasteiger partial charge is 0.390 e. The van der Waals surface area contributed by atoms with E-state index in [9.17, 15) is 9.90 Å². The van der Waals surface area contributed by atoms with E-state index in [1.807, 2.05) is 0 Å². The van der Waals surface area contributed by atoms with Gasteiger partial charge >= 0.3 is 0 Å². The number of benzene rings is 1. The molecule has 19 heavy (non-hydrogen) atoms. The van der Waals surface area contributed by atoms with Crippen LogP contribution < -0.4 is 11.3 Å². The number of amides is 1. The van der Waals surface area contributed by atoms with E-state index in [1.165, 1.54) is 0 Å². The SMILES string of the molecule is CC1(O)CCN(C(=O)c2cc(Cl)ccc2NN)CC1. The Morgan fingerprint density at radius 2 is 2.11 bits per heavy atom. The number of carbonyl (C=O) groups excluding carboxylic acids is 1. The maximum atomic E-state index is 12.4. The Labute approximate surface area is 117 Å². The van der Waals surface area contributed by atoms with E-state index in [2.05, 4.69) is 5.43 Å². The lowest BCUT2D eigenvalue weighted by Gasteiger charge is -2.36. The van der Waals surface area contributed by atoms with E-state index in [1.54, 1.807) is 30.0 Å². The summed E-state index contributed by atoms with van der Waals surface area (Å²) in [5, 5.41) is 10.4. The Morgan fingerprint density at radius 3 is 2.68 bits per heavy atom. The number of nitrogen functional groups attached to an aromatic ring is 1. The van der Waals surface area contributed by atoms with E-state index in [0.29, 0.717) is 42.2 Å². The lowest BCUT2D eigenvalue weighted by Crippen LogP contribution is -2.45. The van der Waals surface area contributed by atoms with Gasteiger partial charge in [0.15, 0.2) is 0 Å². The van der Waals surface area contributed by atoms with Crippen LogP contribution in [-0.2, 0) is 0 Å². The second-order valence-corrected chi connectivity index (χ2v) is 5.56. The predicted octanol–water partition coefficient (Wildman–Crippen LogP) is 1.61. The molecule has 1 amide bonds. The van der Waals surface area contributed by atoms with Gasteiger partial charge in [0.25, 0.3) is 5.91 Å². The summed E-state index contributed by atoms with van der Waals surface area (Å²) in [5.74, 6) is 5.29. The fourth-order valence-corrected chi connectivity index (χ4v) is 2.35. The number of halogens is 1. The molecule has 1 fully saturated rings. The molecule has 0 spiro atoms. The van der Waals surface area contributed by atoms with Gasteiger partial charge in [-0.05, 0) is 38.0 Å². The Morgan fingerprint density at radius 1 is 1.47 bits per heavy atom. The third-order valence-electron chi connectivity index (χ3n) is 3.50. The van der Waals surface area contributed by atoms with Gasteiger partial charge in [-0.2, -0.15) is 0 Å². The van der Waals surface area contributed by atoms with Crippen LogP contribution in [0, 0.1) is 0 Å². The summed E-state index contributed by atoms with van der Waals surface area (Å²) < 4.78 is 0.